The van der Waals surface area contributed by atoms with Crippen molar-refractivity contribution >= 4 is 11.6 Å². The predicted molar refractivity (Wildman–Crippen MR) is 64.1 cm³/mol. The van der Waals surface area contributed by atoms with Gasteiger partial charge in [0.1, 0.15) is 0 Å². The summed E-state index contributed by atoms with van der Waals surface area (Å²) in [5.41, 5.74) is 7.59. The number of aryl methyl sites for hydroxylation is 1. The molecule has 0 saturated carbocycles. The van der Waals surface area contributed by atoms with Gasteiger partial charge in [0, 0.05) is 12.4 Å². The molecule has 0 saturated heterocycles. The molecule has 3 heteroatoms. The summed E-state index contributed by atoms with van der Waals surface area (Å²) in [4.78, 5) is 0. The number of rotatable bonds is 6. The van der Waals surface area contributed by atoms with E-state index in [1.807, 2.05) is 24.3 Å². The van der Waals surface area contributed by atoms with Crippen LogP contribution in [0, 0.1) is 0 Å². The van der Waals surface area contributed by atoms with Gasteiger partial charge in [0.05, 0.1) is 6.10 Å². The van der Waals surface area contributed by atoms with Crippen molar-refractivity contribution in [2.45, 2.75) is 25.4 Å². The van der Waals surface area contributed by atoms with E-state index < -0.39 is 6.10 Å². The van der Waals surface area contributed by atoms with Crippen LogP contribution in [0.2, 0.25) is 0 Å². The first-order valence-corrected chi connectivity index (χ1v) is 5.85. The van der Waals surface area contributed by atoms with E-state index in [4.69, 9.17) is 17.3 Å². The van der Waals surface area contributed by atoms with E-state index in [0.29, 0.717) is 5.88 Å². The van der Waals surface area contributed by atoms with E-state index in [2.05, 4.69) is 0 Å². The van der Waals surface area contributed by atoms with Crippen LogP contribution in [-0.2, 0) is 6.42 Å². The molecule has 0 aliphatic carbocycles. The number of hydrogen-bond donors (Lipinski definition) is 2. The number of hydrogen-bond acceptors (Lipinski definition) is 2. The molecule has 0 aromatic heterocycles. The first-order valence-electron chi connectivity index (χ1n) is 5.31. The minimum Gasteiger partial charge on any atom is -0.387 e. The Bertz CT molecular complexity index is 291. The maximum Gasteiger partial charge on any atom is 0.0914 e. The molecule has 1 aromatic rings. The van der Waals surface area contributed by atoms with E-state index in [1.165, 1.54) is 5.56 Å². The zero-order chi connectivity index (χ0) is 11.1. The Labute approximate surface area is 96.1 Å². The fourth-order valence-corrected chi connectivity index (χ4v) is 1.81. The highest BCUT2D eigenvalue weighted by Crippen LogP contribution is 2.19. The van der Waals surface area contributed by atoms with Crippen LogP contribution in [0.15, 0.2) is 24.3 Å². The van der Waals surface area contributed by atoms with E-state index in [-0.39, 0.29) is 6.54 Å². The summed E-state index contributed by atoms with van der Waals surface area (Å²) < 4.78 is 0. The minimum absolute atomic E-state index is 0.270. The van der Waals surface area contributed by atoms with E-state index >= 15 is 0 Å². The molecule has 1 aromatic carbocycles. The lowest BCUT2D eigenvalue weighted by Crippen LogP contribution is -2.13. The van der Waals surface area contributed by atoms with Crippen molar-refractivity contribution in [3.63, 3.8) is 0 Å². The lowest BCUT2D eigenvalue weighted by molar-refractivity contribution is 0.185. The molecule has 0 fully saturated rings. The molecule has 15 heavy (non-hydrogen) atoms. The summed E-state index contributed by atoms with van der Waals surface area (Å²) in [6.45, 7) is 0.270. The van der Waals surface area contributed by atoms with Crippen molar-refractivity contribution in [2.24, 2.45) is 5.73 Å². The van der Waals surface area contributed by atoms with E-state index in [0.717, 1.165) is 24.8 Å². The SMILES string of the molecule is NCC(O)c1ccccc1CCCCCl. The summed E-state index contributed by atoms with van der Waals surface area (Å²) in [5, 5.41) is 9.72. The molecule has 0 spiro atoms. The van der Waals surface area contributed by atoms with Crippen molar-refractivity contribution in [1.82, 2.24) is 0 Å². The van der Waals surface area contributed by atoms with Crippen molar-refractivity contribution in [3.8, 4) is 0 Å². The number of alkyl halides is 1. The Morgan fingerprint density at radius 3 is 2.67 bits per heavy atom. The van der Waals surface area contributed by atoms with Gasteiger partial charge < -0.3 is 10.8 Å². The van der Waals surface area contributed by atoms with Crippen LogP contribution in [0.4, 0.5) is 0 Å². The molecule has 0 aliphatic heterocycles. The normalized spacial score (nSPS) is 12.7. The average molecular weight is 228 g/mol. The Morgan fingerprint density at radius 2 is 2.00 bits per heavy atom. The summed E-state index contributed by atoms with van der Waals surface area (Å²) in [7, 11) is 0. The van der Waals surface area contributed by atoms with Crippen molar-refractivity contribution in [2.75, 3.05) is 12.4 Å². The molecule has 2 nitrogen and oxygen atoms in total. The third kappa shape index (κ3) is 3.82. The molecule has 3 N–H and O–H groups in total. The molecule has 0 amide bonds. The molecule has 0 bridgehead atoms. The number of benzene rings is 1. The molecule has 0 radical (unpaired) electrons. The first-order chi connectivity index (χ1) is 7.29. The van der Waals surface area contributed by atoms with Crippen molar-refractivity contribution in [1.29, 1.82) is 0 Å². The van der Waals surface area contributed by atoms with Crippen molar-refractivity contribution < 1.29 is 5.11 Å². The number of aliphatic hydroxyl groups excluding tert-OH is 1. The molecular weight excluding hydrogens is 210 g/mol. The van der Waals surface area contributed by atoms with Crippen LogP contribution in [0.1, 0.15) is 30.1 Å². The summed E-state index contributed by atoms with van der Waals surface area (Å²) in [5.74, 6) is 0.696. The van der Waals surface area contributed by atoms with Crippen molar-refractivity contribution in [3.05, 3.63) is 35.4 Å². The van der Waals surface area contributed by atoms with Crippen LogP contribution in [0.3, 0.4) is 0 Å². The fourth-order valence-electron chi connectivity index (χ4n) is 1.62. The lowest BCUT2D eigenvalue weighted by atomic mass is 9.98. The minimum atomic E-state index is -0.544. The van der Waals surface area contributed by atoms with Gasteiger partial charge >= 0.3 is 0 Å². The number of unbranched alkanes of at least 4 members (excludes halogenated alkanes) is 1. The Kier molecular flexibility index (Phi) is 5.69. The van der Waals surface area contributed by atoms with Gasteiger partial charge in [-0.2, -0.15) is 0 Å². The van der Waals surface area contributed by atoms with Gasteiger partial charge in [0.2, 0.25) is 0 Å². The second kappa shape index (κ2) is 6.83. The molecule has 0 aliphatic rings. The van der Waals surface area contributed by atoms with Gasteiger partial charge in [0.25, 0.3) is 0 Å². The standard InChI is InChI=1S/C12H18ClNO/c13-8-4-3-6-10-5-1-2-7-11(10)12(15)9-14/h1-2,5,7,12,15H,3-4,6,8-9,14H2. The van der Waals surface area contributed by atoms with Gasteiger partial charge in [-0.3, -0.25) is 0 Å². The number of nitrogens with two attached hydrogens (primary N) is 1. The van der Waals surface area contributed by atoms with Crippen LogP contribution < -0.4 is 5.73 Å². The lowest BCUT2D eigenvalue weighted by Gasteiger charge is -2.13. The fraction of sp³-hybridized carbons (Fsp3) is 0.500. The maximum absolute atomic E-state index is 9.72. The average Bonchev–Trinajstić information content (AvgIpc) is 2.29. The second-order valence-corrected chi connectivity index (χ2v) is 3.97. The molecule has 0 heterocycles. The van der Waals surface area contributed by atoms with Gasteiger partial charge in [-0.05, 0) is 30.4 Å². The molecule has 1 unspecified atom stereocenters. The molecule has 1 rings (SSSR count). The van der Waals surface area contributed by atoms with Gasteiger partial charge in [0.15, 0.2) is 0 Å². The Hall–Kier alpha value is -0.570. The van der Waals surface area contributed by atoms with Crippen LogP contribution in [-0.4, -0.2) is 17.5 Å². The van der Waals surface area contributed by atoms with E-state index in [1.54, 1.807) is 0 Å². The number of halogens is 1. The summed E-state index contributed by atoms with van der Waals surface area (Å²) in [6, 6.07) is 7.90. The third-order valence-electron chi connectivity index (χ3n) is 2.47. The second-order valence-electron chi connectivity index (χ2n) is 3.60. The highest BCUT2D eigenvalue weighted by Gasteiger charge is 2.09. The van der Waals surface area contributed by atoms with Gasteiger partial charge in [-0.1, -0.05) is 24.3 Å². The summed E-state index contributed by atoms with van der Waals surface area (Å²) in [6.07, 6.45) is 2.48. The first kappa shape index (κ1) is 12.5. The highest BCUT2D eigenvalue weighted by molar-refractivity contribution is 6.17. The Balaban J connectivity index is 2.68. The quantitative estimate of drug-likeness (QED) is 0.579. The van der Waals surface area contributed by atoms with E-state index in [9.17, 15) is 5.11 Å². The van der Waals surface area contributed by atoms with Crippen LogP contribution >= 0.6 is 11.6 Å². The van der Waals surface area contributed by atoms with Gasteiger partial charge in [-0.15, -0.1) is 11.6 Å². The summed E-state index contributed by atoms with van der Waals surface area (Å²) >= 11 is 5.63. The monoisotopic (exact) mass is 227 g/mol. The topological polar surface area (TPSA) is 46.2 Å². The maximum atomic E-state index is 9.72. The molecular formula is C12H18ClNO. The molecule has 1 atom stereocenters. The zero-order valence-corrected chi connectivity index (χ0v) is 9.58. The third-order valence-corrected chi connectivity index (χ3v) is 2.73. The van der Waals surface area contributed by atoms with Crippen LogP contribution in [0.5, 0.6) is 0 Å². The smallest absolute Gasteiger partial charge is 0.0914 e. The van der Waals surface area contributed by atoms with Crippen LogP contribution in [0.25, 0.3) is 0 Å². The molecule has 84 valence electrons. The van der Waals surface area contributed by atoms with Gasteiger partial charge in [-0.25, -0.2) is 0 Å². The highest BCUT2D eigenvalue weighted by atomic mass is 35.5. The Morgan fingerprint density at radius 1 is 1.27 bits per heavy atom. The predicted octanol–water partition coefficient (Wildman–Crippen LogP) is 2.24. The number of aliphatic hydroxyl groups is 1. The largest absolute Gasteiger partial charge is 0.387 e. The zero-order valence-electron chi connectivity index (χ0n) is 8.82.